The SMILES string of the molecule is CCn1cc(CN[C@@H]2CCN(c3nc(C(=O)NC)nc(C)c3C)C2)c(C)n1. The fourth-order valence-corrected chi connectivity index (χ4v) is 3.40. The molecule has 0 saturated carbocycles. The van der Waals surface area contributed by atoms with E-state index in [9.17, 15) is 4.79 Å². The minimum Gasteiger partial charge on any atom is -0.355 e. The summed E-state index contributed by atoms with van der Waals surface area (Å²) in [6.07, 6.45) is 3.15. The molecule has 8 nitrogen and oxygen atoms in total. The van der Waals surface area contributed by atoms with Crippen LogP contribution < -0.4 is 15.5 Å². The van der Waals surface area contributed by atoms with Crippen LogP contribution >= 0.6 is 0 Å². The summed E-state index contributed by atoms with van der Waals surface area (Å²) in [6, 6.07) is 0.382. The van der Waals surface area contributed by atoms with Crippen molar-refractivity contribution in [3.05, 3.63) is 34.5 Å². The number of hydrogen-bond acceptors (Lipinski definition) is 6. The van der Waals surface area contributed by atoms with Gasteiger partial charge in [-0.05, 0) is 34.1 Å². The van der Waals surface area contributed by atoms with Crippen LogP contribution in [0.15, 0.2) is 6.20 Å². The number of aromatic nitrogens is 4. The molecular formula is C19H29N7O. The molecule has 3 heterocycles. The summed E-state index contributed by atoms with van der Waals surface area (Å²) >= 11 is 0. The van der Waals surface area contributed by atoms with Gasteiger partial charge in [-0.2, -0.15) is 5.10 Å². The Kier molecular flexibility index (Phi) is 5.74. The van der Waals surface area contributed by atoms with Gasteiger partial charge < -0.3 is 15.5 Å². The molecule has 1 atom stereocenters. The van der Waals surface area contributed by atoms with Gasteiger partial charge in [-0.25, -0.2) is 9.97 Å². The van der Waals surface area contributed by atoms with Gasteiger partial charge in [0.2, 0.25) is 5.82 Å². The highest BCUT2D eigenvalue weighted by Crippen LogP contribution is 2.24. The van der Waals surface area contributed by atoms with Crippen molar-refractivity contribution in [2.45, 2.75) is 53.2 Å². The van der Waals surface area contributed by atoms with E-state index >= 15 is 0 Å². The van der Waals surface area contributed by atoms with Gasteiger partial charge in [-0.15, -0.1) is 0 Å². The van der Waals surface area contributed by atoms with E-state index in [4.69, 9.17) is 0 Å². The Morgan fingerprint density at radius 1 is 1.26 bits per heavy atom. The molecule has 146 valence electrons. The van der Waals surface area contributed by atoms with Crippen LogP contribution in [0.25, 0.3) is 0 Å². The summed E-state index contributed by atoms with van der Waals surface area (Å²) in [6.45, 7) is 11.6. The first kappa shape index (κ1) is 19.3. The van der Waals surface area contributed by atoms with Crippen molar-refractivity contribution in [1.82, 2.24) is 30.4 Å². The average Bonchev–Trinajstić information content (AvgIpc) is 3.27. The fourth-order valence-electron chi connectivity index (χ4n) is 3.40. The Labute approximate surface area is 160 Å². The molecular weight excluding hydrogens is 342 g/mol. The van der Waals surface area contributed by atoms with Crippen LogP contribution in [0.1, 0.15) is 46.5 Å². The van der Waals surface area contributed by atoms with Crippen LogP contribution in [-0.2, 0) is 13.1 Å². The highest BCUT2D eigenvalue weighted by molar-refractivity contribution is 5.90. The highest BCUT2D eigenvalue weighted by Gasteiger charge is 2.26. The van der Waals surface area contributed by atoms with Crippen molar-refractivity contribution in [2.75, 3.05) is 25.0 Å². The van der Waals surface area contributed by atoms with Gasteiger partial charge in [0.1, 0.15) is 5.82 Å². The number of carbonyl (C=O) groups is 1. The summed E-state index contributed by atoms with van der Waals surface area (Å²) in [5.74, 6) is 0.839. The molecule has 8 heteroatoms. The maximum atomic E-state index is 12.0. The molecule has 0 aliphatic carbocycles. The van der Waals surface area contributed by atoms with Gasteiger partial charge in [-0.3, -0.25) is 9.48 Å². The third-order valence-electron chi connectivity index (χ3n) is 5.23. The monoisotopic (exact) mass is 371 g/mol. The number of aryl methyl sites for hydroxylation is 3. The lowest BCUT2D eigenvalue weighted by Gasteiger charge is -2.21. The van der Waals surface area contributed by atoms with E-state index in [-0.39, 0.29) is 11.7 Å². The smallest absolute Gasteiger partial charge is 0.288 e. The van der Waals surface area contributed by atoms with E-state index in [1.54, 1.807) is 7.05 Å². The van der Waals surface area contributed by atoms with Crippen molar-refractivity contribution < 1.29 is 4.79 Å². The van der Waals surface area contributed by atoms with Crippen molar-refractivity contribution in [3.63, 3.8) is 0 Å². The van der Waals surface area contributed by atoms with Gasteiger partial charge in [0.15, 0.2) is 0 Å². The van der Waals surface area contributed by atoms with Crippen LogP contribution in [0.3, 0.4) is 0 Å². The number of nitrogens with zero attached hydrogens (tertiary/aromatic N) is 5. The predicted molar refractivity (Wildman–Crippen MR) is 105 cm³/mol. The van der Waals surface area contributed by atoms with Gasteiger partial charge >= 0.3 is 0 Å². The molecule has 0 bridgehead atoms. The van der Waals surface area contributed by atoms with E-state index in [1.165, 1.54) is 5.56 Å². The van der Waals surface area contributed by atoms with Gasteiger partial charge in [0, 0.05) is 62.3 Å². The van der Waals surface area contributed by atoms with Gasteiger partial charge in [-0.1, -0.05) is 0 Å². The Balaban J connectivity index is 1.68. The number of nitrogens with one attached hydrogen (secondary N) is 2. The zero-order valence-electron chi connectivity index (χ0n) is 16.8. The maximum Gasteiger partial charge on any atom is 0.288 e. The van der Waals surface area contributed by atoms with E-state index in [2.05, 4.69) is 50.6 Å². The lowest BCUT2D eigenvalue weighted by atomic mass is 10.2. The second-order valence-corrected chi connectivity index (χ2v) is 7.07. The number of anilines is 1. The second-order valence-electron chi connectivity index (χ2n) is 7.07. The lowest BCUT2D eigenvalue weighted by Crippen LogP contribution is -2.33. The molecule has 1 saturated heterocycles. The van der Waals surface area contributed by atoms with Crippen molar-refractivity contribution >= 4 is 11.7 Å². The highest BCUT2D eigenvalue weighted by atomic mass is 16.2. The number of carbonyl (C=O) groups excluding carboxylic acids is 1. The van der Waals surface area contributed by atoms with Crippen LogP contribution in [0, 0.1) is 20.8 Å². The average molecular weight is 371 g/mol. The van der Waals surface area contributed by atoms with E-state index in [0.29, 0.717) is 6.04 Å². The summed E-state index contributed by atoms with van der Waals surface area (Å²) in [7, 11) is 1.60. The summed E-state index contributed by atoms with van der Waals surface area (Å²) in [5, 5.41) is 10.7. The molecule has 0 radical (unpaired) electrons. The normalized spacial score (nSPS) is 16.8. The van der Waals surface area contributed by atoms with E-state index in [0.717, 1.165) is 55.4 Å². The molecule has 0 aromatic carbocycles. The first-order valence-corrected chi connectivity index (χ1v) is 9.51. The quantitative estimate of drug-likeness (QED) is 0.797. The Morgan fingerprint density at radius 2 is 2.04 bits per heavy atom. The molecule has 1 amide bonds. The van der Waals surface area contributed by atoms with Gasteiger partial charge in [0.25, 0.3) is 5.91 Å². The summed E-state index contributed by atoms with van der Waals surface area (Å²) < 4.78 is 1.97. The zero-order chi connectivity index (χ0) is 19.6. The van der Waals surface area contributed by atoms with Crippen LogP contribution in [0.2, 0.25) is 0 Å². The van der Waals surface area contributed by atoms with Crippen LogP contribution in [-0.4, -0.2) is 51.8 Å². The standard InChI is InChI=1S/C19H29N7O/c1-6-26-10-15(14(4)24-26)9-21-16-7-8-25(11-16)18-12(2)13(3)22-17(23-18)19(27)20-5/h10,16,21H,6-9,11H2,1-5H3,(H,20,27)/t16-/m1/s1. The van der Waals surface area contributed by atoms with Gasteiger partial charge in [0.05, 0.1) is 5.69 Å². The largest absolute Gasteiger partial charge is 0.355 e. The molecule has 2 N–H and O–H groups in total. The molecule has 2 aromatic heterocycles. The first-order chi connectivity index (χ1) is 12.9. The Bertz CT molecular complexity index is 830. The van der Waals surface area contributed by atoms with Crippen molar-refractivity contribution in [1.29, 1.82) is 0 Å². The number of hydrogen-bond donors (Lipinski definition) is 2. The lowest BCUT2D eigenvalue weighted by molar-refractivity contribution is 0.0952. The Morgan fingerprint density at radius 3 is 2.70 bits per heavy atom. The third-order valence-corrected chi connectivity index (χ3v) is 5.23. The number of rotatable bonds is 6. The van der Waals surface area contributed by atoms with Crippen molar-refractivity contribution in [3.8, 4) is 0 Å². The Hall–Kier alpha value is -2.48. The van der Waals surface area contributed by atoms with E-state index < -0.39 is 0 Å². The molecule has 1 fully saturated rings. The number of amides is 1. The summed E-state index contributed by atoms with van der Waals surface area (Å²) in [4.78, 5) is 23.0. The molecule has 2 aromatic rings. The molecule has 3 rings (SSSR count). The minimum atomic E-state index is -0.253. The molecule has 0 unspecified atom stereocenters. The minimum absolute atomic E-state index is 0.231. The molecule has 27 heavy (non-hydrogen) atoms. The molecule has 1 aliphatic rings. The summed E-state index contributed by atoms with van der Waals surface area (Å²) in [5.41, 5.74) is 4.20. The first-order valence-electron chi connectivity index (χ1n) is 9.51. The molecule has 1 aliphatic heterocycles. The van der Waals surface area contributed by atoms with E-state index in [1.807, 2.05) is 18.5 Å². The maximum absolute atomic E-state index is 12.0. The second kappa shape index (κ2) is 8.04. The topological polar surface area (TPSA) is 88.0 Å². The van der Waals surface area contributed by atoms with Crippen LogP contribution in [0.4, 0.5) is 5.82 Å². The zero-order valence-corrected chi connectivity index (χ0v) is 16.8. The van der Waals surface area contributed by atoms with Crippen molar-refractivity contribution in [2.24, 2.45) is 0 Å². The molecule has 0 spiro atoms. The third kappa shape index (κ3) is 4.10. The van der Waals surface area contributed by atoms with Crippen LogP contribution in [0.5, 0.6) is 0 Å². The fraction of sp³-hybridized carbons (Fsp3) is 0.579. The predicted octanol–water partition coefficient (Wildman–Crippen LogP) is 1.35.